The summed E-state index contributed by atoms with van der Waals surface area (Å²) in [6.07, 6.45) is 0.754. The van der Waals surface area contributed by atoms with Gasteiger partial charge in [0.1, 0.15) is 12.6 Å². The normalized spacial score (nSPS) is 11.7. The van der Waals surface area contributed by atoms with E-state index in [9.17, 15) is 9.59 Å². The Morgan fingerprint density at radius 2 is 1.95 bits per heavy atom. The number of esters is 1. The average Bonchev–Trinajstić information content (AvgIpc) is 2.46. The number of benzene rings is 1. The monoisotopic (exact) mass is 264 g/mol. The van der Waals surface area contributed by atoms with E-state index in [0.717, 1.165) is 12.0 Å². The van der Waals surface area contributed by atoms with Crippen molar-refractivity contribution in [3.05, 3.63) is 35.9 Å². The van der Waals surface area contributed by atoms with Crippen LogP contribution in [0.15, 0.2) is 30.3 Å². The molecule has 0 aliphatic carbocycles. The molecule has 1 amide bonds. The van der Waals surface area contributed by atoms with Gasteiger partial charge in [0.05, 0.1) is 7.11 Å². The van der Waals surface area contributed by atoms with Crippen molar-refractivity contribution in [3.63, 3.8) is 0 Å². The number of rotatable bonds is 6. The zero-order valence-corrected chi connectivity index (χ0v) is 11.3. The molecule has 0 radical (unpaired) electrons. The van der Waals surface area contributed by atoms with Gasteiger partial charge in [-0.25, -0.2) is 0 Å². The van der Waals surface area contributed by atoms with Gasteiger partial charge < -0.3 is 15.4 Å². The molecule has 0 saturated heterocycles. The van der Waals surface area contributed by atoms with Crippen LogP contribution in [0.2, 0.25) is 0 Å². The molecule has 19 heavy (non-hydrogen) atoms. The van der Waals surface area contributed by atoms with Crippen LogP contribution in [-0.2, 0) is 14.3 Å². The topological polar surface area (TPSA) is 72.6 Å². The van der Waals surface area contributed by atoms with Crippen molar-refractivity contribution in [2.75, 3.05) is 20.2 Å². The Balaban J connectivity index is 2.78. The van der Waals surface area contributed by atoms with Crippen molar-refractivity contribution in [1.29, 1.82) is 0 Å². The predicted molar refractivity (Wildman–Crippen MR) is 72.3 cm³/mol. The van der Waals surface area contributed by atoms with Crippen LogP contribution in [0.5, 0.6) is 0 Å². The Hall–Kier alpha value is -1.88. The molecule has 1 unspecified atom stereocenters. The lowest BCUT2D eigenvalue weighted by Crippen LogP contribution is -2.42. The minimum Gasteiger partial charge on any atom is -0.468 e. The molecule has 2 N–H and O–H groups in total. The molecule has 1 aromatic carbocycles. The van der Waals surface area contributed by atoms with Crippen molar-refractivity contribution in [1.82, 2.24) is 4.90 Å². The van der Waals surface area contributed by atoms with E-state index in [1.54, 1.807) is 12.1 Å². The fraction of sp³-hybridized carbons (Fsp3) is 0.429. The Morgan fingerprint density at radius 1 is 1.32 bits per heavy atom. The molecule has 0 aliphatic heterocycles. The fourth-order valence-corrected chi connectivity index (χ4v) is 1.76. The van der Waals surface area contributed by atoms with E-state index >= 15 is 0 Å². The largest absolute Gasteiger partial charge is 0.468 e. The SMILES string of the molecule is CCCN(CC(=O)OC)C(=O)C(N)c1ccccc1. The van der Waals surface area contributed by atoms with Crippen molar-refractivity contribution >= 4 is 11.9 Å². The second-order valence-corrected chi connectivity index (χ2v) is 4.22. The summed E-state index contributed by atoms with van der Waals surface area (Å²) < 4.78 is 4.59. The number of amides is 1. The highest BCUT2D eigenvalue weighted by Gasteiger charge is 2.23. The average molecular weight is 264 g/mol. The maximum atomic E-state index is 12.3. The number of methoxy groups -OCH3 is 1. The summed E-state index contributed by atoms with van der Waals surface area (Å²) in [6, 6.07) is 8.35. The molecule has 5 nitrogen and oxygen atoms in total. The summed E-state index contributed by atoms with van der Waals surface area (Å²) >= 11 is 0. The number of carbonyl (C=O) groups excluding carboxylic acids is 2. The van der Waals surface area contributed by atoms with E-state index in [0.29, 0.717) is 6.54 Å². The molecule has 0 fully saturated rings. The lowest BCUT2D eigenvalue weighted by molar-refractivity contribution is -0.147. The fourth-order valence-electron chi connectivity index (χ4n) is 1.76. The van der Waals surface area contributed by atoms with Gasteiger partial charge in [0.2, 0.25) is 5.91 Å². The third-order valence-electron chi connectivity index (χ3n) is 2.78. The lowest BCUT2D eigenvalue weighted by Gasteiger charge is -2.24. The van der Waals surface area contributed by atoms with Gasteiger partial charge in [-0.3, -0.25) is 9.59 Å². The van der Waals surface area contributed by atoms with Crippen LogP contribution < -0.4 is 5.73 Å². The Kier molecular flexibility index (Phi) is 6.02. The van der Waals surface area contributed by atoms with Gasteiger partial charge >= 0.3 is 5.97 Å². The molecule has 5 heteroatoms. The van der Waals surface area contributed by atoms with Crippen LogP contribution in [0.3, 0.4) is 0 Å². The van der Waals surface area contributed by atoms with Gasteiger partial charge in [0.15, 0.2) is 0 Å². The molecule has 0 aromatic heterocycles. The summed E-state index contributed by atoms with van der Waals surface area (Å²) in [5.74, 6) is -0.708. The van der Waals surface area contributed by atoms with Gasteiger partial charge in [-0.15, -0.1) is 0 Å². The number of nitrogens with zero attached hydrogens (tertiary/aromatic N) is 1. The maximum absolute atomic E-state index is 12.3. The first-order chi connectivity index (χ1) is 9.10. The van der Waals surface area contributed by atoms with Gasteiger partial charge in [0.25, 0.3) is 0 Å². The first-order valence-corrected chi connectivity index (χ1v) is 6.26. The molecule has 0 heterocycles. The predicted octanol–water partition coefficient (Wildman–Crippen LogP) is 1.10. The first-order valence-electron chi connectivity index (χ1n) is 6.26. The molecule has 0 spiro atoms. The van der Waals surface area contributed by atoms with Gasteiger partial charge in [0, 0.05) is 6.54 Å². The summed E-state index contributed by atoms with van der Waals surface area (Å²) in [4.78, 5) is 25.0. The highest BCUT2D eigenvalue weighted by atomic mass is 16.5. The molecule has 104 valence electrons. The van der Waals surface area contributed by atoms with Crippen molar-refractivity contribution in [3.8, 4) is 0 Å². The Morgan fingerprint density at radius 3 is 2.47 bits per heavy atom. The molecule has 0 saturated carbocycles. The molecule has 1 atom stereocenters. The van der Waals surface area contributed by atoms with Crippen LogP contribution in [0, 0.1) is 0 Å². The maximum Gasteiger partial charge on any atom is 0.325 e. The van der Waals surface area contributed by atoms with E-state index in [1.165, 1.54) is 12.0 Å². The van der Waals surface area contributed by atoms with E-state index in [1.807, 2.05) is 25.1 Å². The highest BCUT2D eigenvalue weighted by molar-refractivity contribution is 5.86. The third-order valence-corrected chi connectivity index (χ3v) is 2.78. The van der Waals surface area contributed by atoms with Crippen molar-refractivity contribution < 1.29 is 14.3 Å². The highest BCUT2D eigenvalue weighted by Crippen LogP contribution is 2.13. The van der Waals surface area contributed by atoms with Gasteiger partial charge in [-0.05, 0) is 12.0 Å². The smallest absolute Gasteiger partial charge is 0.325 e. The van der Waals surface area contributed by atoms with E-state index in [-0.39, 0.29) is 12.5 Å². The van der Waals surface area contributed by atoms with Crippen LogP contribution in [0.25, 0.3) is 0 Å². The molecule has 0 bridgehead atoms. The third kappa shape index (κ3) is 4.37. The zero-order chi connectivity index (χ0) is 14.3. The van der Waals surface area contributed by atoms with Crippen LogP contribution in [0.1, 0.15) is 24.9 Å². The van der Waals surface area contributed by atoms with Crippen LogP contribution in [-0.4, -0.2) is 37.0 Å². The van der Waals surface area contributed by atoms with E-state index in [4.69, 9.17) is 5.73 Å². The Labute approximate surface area is 113 Å². The second-order valence-electron chi connectivity index (χ2n) is 4.22. The van der Waals surface area contributed by atoms with Crippen LogP contribution in [0.4, 0.5) is 0 Å². The quantitative estimate of drug-likeness (QED) is 0.781. The minimum absolute atomic E-state index is 0.0658. The van der Waals surface area contributed by atoms with Crippen molar-refractivity contribution in [2.24, 2.45) is 5.73 Å². The summed E-state index contributed by atoms with van der Waals surface area (Å²) in [7, 11) is 1.30. The lowest BCUT2D eigenvalue weighted by atomic mass is 10.1. The molecular weight excluding hydrogens is 244 g/mol. The van der Waals surface area contributed by atoms with Crippen molar-refractivity contribution in [2.45, 2.75) is 19.4 Å². The molecular formula is C14H20N2O3. The number of hydrogen-bond donors (Lipinski definition) is 1. The Bertz CT molecular complexity index is 420. The standard InChI is InChI=1S/C14H20N2O3/c1-3-9-16(10-12(17)19-2)14(18)13(15)11-7-5-4-6-8-11/h4-8,13H,3,9-10,15H2,1-2H3. The first kappa shape index (κ1) is 15.2. The minimum atomic E-state index is -0.752. The number of carbonyl (C=O) groups is 2. The molecule has 1 aromatic rings. The zero-order valence-electron chi connectivity index (χ0n) is 11.3. The van der Waals surface area contributed by atoms with Crippen LogP contribution >= 0.6 is 0 Å². The number of ether oxygens (including phenoxy) is 1. The van der Waals surface area contributed by atoms with Gasteiger partial charge in [-0.2, -0.15) is 0 Å². The number of hydrogen-bond acceptors (Lipinski definition) is 4. The summed E-state index contributed by atoms with van der Waals surface area (Å²) in [5, 5.41) is 0. The molecule has 1 rings (SSSR count). The van der Waals surface area contributed by atoms with E-state index in [2.05, 4.69) is 4.74 Å². The second kappa shape index (κ2) is 7.53. The summed E-state index contributed by atoms with van der Waals surface area (Å²) in [5.41, 5.74) is 6.68. The summed E-state index contributed by atoms with van der Waals surface area (Å²) in [6.45, 7) is 2.35. The van der Waals surface area contributed by atoms with Gasteiger partial charge in [-0.1, -0.05) is 37.3 Å². The molecule has 0 aliphatic rings. The number of nitrogens with two attached hydrogens (primary N) is 1. The van der Waals surface area contributed by atoms with E-state index < -0.39 is 12.0 Å².